The van der Waals surface area contributed by atoms with Crippen molar-refractivity contribution in [1.82, 2.24) is 5.32 Å². The second-order valence-electron chi connectivity index (χ2n) is 5.02. The third kappa shape index (κ3) is 4.92. The summed E-state index contributed by atoms with van der Waals surface area (Å²) in [5, 5.41) is 5.41. The molecule has 2 amide bonds. The summed E-state index contributed by atoms with van der Waals surface area (Å²) < 4.78 is 4.50. The zero-order valence-corrected chi connectivity index (χ0v) is 14.2. The second-order valence-corrected chi connectivity index (χ2v) is 6.31. The number of ether oxygens (including phenoxy) is 1. The lowest BCUT2D eigenvalue weighted by molar-refractivity contribution is -0.140. The first kappa shape index (κ1) is 17.7. The highest BCUT2D eigenvalue weighted by Crippen LogP contribution is 2.17. The summed E-state index contributed by atoms with van der Waals surface area (Å²) in [5.74, 6) is -0.841. The maximum absolute atomic E-state index is 12.1. The molecule has 2 N–H and O–H groups in total. The molecule has 7 heteroatoms. The number of nitrogens with one attached hydrogen (secondary N) is 2. The standard InChI is InChI=1S/C17H18N2O4S/c1-11-3-8-14(24-11)17(22)19-13-6-4-12(5-7-13)16(21)18-10-9-15(20)23-2/h3-8H,9-10H2,1-2H3,(H,18,21)(H,19,22). The quantitative estimate of drug-likeness (QED) is 0.788. The van der Waals surface area contributed by atoms with Gasteiger partial charge in [0.25, 0.3) is 11.8 Å². The van der Waals surface area contributed by atoms with Gasteiger partial charge in [-0.1, -0.05) is 0 Å². The Morgan fingerprint density at radius 2 is 1.75 bits per heavy atom. The number of hydrogen-bond acceptors (Lipinski definition) is 5. The highest BCUT2D eigenvalue weighted by Gasteiger charge is 2.10. The van der Waals surface area contributed by atoms with E-state index in [4.69, 9.17) is 0 Å². The van der Waals surface area contributed by atoms with E-state index in [2.05, 4.69) is 15.4 Å². The van der Waals surface area contributed by atoms with Gasteiger partial charge >= 0.3 is 5.97 Å². The van der Waals surface area contributed by atoms with E-state index in [9.17, 15) is 14.4 Å². The monoisotopic (exact) mass is 346 g/mol. The van der Waals surface area contributed by atoms with Crippen LogP contribution in [0.4, 0.5) is 5.69 Å². The van der Waals surface area contributed by atoms with Gasteiger partial charge in [-0.05, 0) is 43.3 Å². The average Bonchev–Trinajstić information content (AvgIpc) is 3.01. The number of carbonyl (C=O) groups excluding carboxylic acids is 3. The lowest BCUT2D eigenvalue weighted by Crippen LogP contribution is -2.26. The molecule has 126 valence electrons. The van der Waals surface area contributed by atoms with E-state index < -0.39 is 0 Å². The average molecular weight is 346 g/mol. The molecule has 0 saturated heterocycles. The molecule has 6 nitrogen and oxygen atoms in total. The Hall–Kier alpha value is -2.67. The van der Waals surface area contributed by atoms with Gasteiger partial charge in [0.1, 0.15) is 0 Å². The minimum Gasteiger partial charge on any atom is -0.469 e. The van der Waals surface area contributed by atoms with Gasteiger partial charge in [0, 0.05) is 22.7 Å². The first-order valence-electron chi connectivity index (χ1n) is 7.32. The Labute approximate surface area is 143 Å². The van der Waals surface area contributed by atoms with Crippen molar-refractivity contribution in [3.8, 4) is 0 Å². The molecule has 1 heterocycles. The highest BCUT2D eigenvalue weighted by molar-refractivity contribution is 7.14. The Morgan fingerprint density at radius 1 is 1.04 bits per heavy atom. The fraction of sp³-hybridized carbons (Fsp3) is 0.235. The van der Waals surface area contributed by atoms with Crippen LogP contribution in [0.2, 0.25) is 0 Å². The lowest BCUT2D eigenvalue weighted by Gasteiger charge is -2.07. The number of esters is 1. The molecular weight excluding hydrogens is 328 g/mol. The fourth-order valence-corrected chi connectivity index (χ4v) is 2.70. The number of thiophene rings is 1. The highest BCUT2D eigenvalue weighted by atomic mass is 32.1. The van der Waals surface area contributed by atoms with Gasteiger partial charge in [-0.2, -0.15) is 0 Å². The normalized spacial score (nSPS) is 10.1. The molecule has 0 aliphatic carbocycles. The van der Waals surface area contributed by atoms with Crippen molar-refractivity contribution in [2.45, 2.75) is 13.3 Å². The molecule has 0 fully saturated rings. The van der Waals surface area contributed by atoms with Crippen molar-refractivity contribution in [2.75, 3.05) is 19.0 Å². The molecule has 2 aromatic rings. The Bertz CT molecular complexity index is 737. The molecule has 0 saturated carbocycles. The van der Waals surface area contributed by atoms with Crippen molar-refractivity contribution < 1.29 is 19.1 Å². The molecule has 24 heavy (non-hydrogen) atoms. The zero-order chi connectivity index (χ0) is 17.5. The van der Waals surface area contributed by atoms with Crippen molar-refractivity contribution in [1.29, 1.82) is 0 Å². The molecule has 0 spiro atoms. The summed E-state index contributed by atoms with van der Waals surface area (Å²) in [6.45, 7) is 2.15. The summed E-state index contributed by atoms with van der Waals surface area (Å²) in [6.07, 6.45) is 0.122. The predicted octanol–water partition coefficient (Wildman–Crippen LogP) is 2.60. The van der Waals surface area contributed by atoms with Crippen LogP contribution >= 0.6 is 11.3 Å². The van der Waals surface area contributed by atoms with Crippen LogP contribution in [0.25, 0.3) is 0 Å². The molecule has 1 aromatic heterocycles. The SMILES string of the molecule is COC(=O)CCNC(=O)c1ccc(NC(=O)c2ccc(C)s2)cc1. The van der Waals surface area contributed by atoms with Crippen LogP contribution in [-0.2, 0) is 9.53 Å². The van der Waals surface area contributed by atoms with E-state index in [-0.39, 0.29) is 30.7 Å². The molecule has 0 aliphatic heterocycles. The summed E-state index contributed by atoms with van der Waals surface area (Å²) in [6, 6.07) is 10.2. The van der Waals surface area contributed by atoms with Crippen molar-refractivity contribution >= 4 is 34.8 Å². The number of methoxy groups -OCH3 is 1. The van der Waals surface area contributed by atoms with E-state index in [1.807, 2.05) is 13.0 Å². The van der Waals surface area contributed by atoms with Crippen LogP contribution in [0.15, 0.2) is 36.4 Å². The molecule has 2 rings (SSSR count). The van der Waals surface area contributed by atoms with Gasteiger partial charge in [-0.15, -0.1) is 11.3 Å². The number of hydrogen-bond donors (Lipinski definition) is 2. The second kappa shape index (κ2) is 8.26. The predicted molar refractivity (Wildman–Crippen MR) is 92.4 cm³/mol. The van der Waals surface area contributed by atoms with Crippen LogP contribution < -0.4 is 10.6 Å². The Kier molecular flexibility index (Phi) is 6.08. The topological polar surface area (TPSA) is 84.5 Å². The number of anilines is 1. The van der Waals surface area contributed by atoms with Crippen LogP contribution in [0, 0.1) is 6.92 Å². The van der Waals surface area contributed by atoms with Crippen LogP contribution in [0.1, 0.15) is 31.3 Å². The van der Waals surface area contributed by atoms with Gasteiger partial charge in [0.15, 0.2) is 0 Å². The molecule has 0 radical (unpaired) electrons. The van der Waals surface area contributed by atoms with Crippen molar-refractivity contribution in [3.63, 3.8) is 0 Å². The van der Waals surface area contributed by atoms with E-state index in [1.165, 1.54) is 18.4 Å². The minimum atomic E-state index is -0.378. The maximum atomic E-state index is 12.1. The molecule has 0 unspecified atom stereocenters. The largest absolute Gasteiger partial charge is 0.469 e. The third-order valence-electron chi connectivity index (χ3n) is 3.21. The third-order valence-corrected chi connectivity index (χ3v) is 4.21. The molecule has 0 atom stereocenters. The molecule has 0 bridgehead atoms. The van der Waals surface area contributed by atoms with Gasteiger partial charge in [-0.25, -0.2) is 0 Å². The first-order valence-corrected chi connectivity index (χ1v) is 8.14. The summed E-state index contributed by atoms with van der Waals surface area (Å²) in [7, 11) is 1.30. The lowest BCUT2D eigenvalue weighted by atomic mass is 10.2. The molecule has 1 aromatic carbocycles. The van der Waals surface area contributed by atoms with Gasteiger partial charge < -0.3 is 15.4 Å². The number of benzene rings is 1. The first-order chi connectivity index (χ1) is 11.5. The van der Waals surface area contributed by atoms with Gasteiger partial charge in [0.2, 0.25) is 0 Å². The molecule has 0 aliphatic rings. The number of aryl methyl sites for hydroxylation is 1. The summed E-state index contributed by atoms with van der Waals surface area (Å²) in [5.41, 5.74) is 1.06. The minimum absolute atomic E-state index is 0.122. The number of carbonyl (C=O) groups is 3. The zero-order valence-electron chi connectivity index (χ0n) is 13.4. The summed E-state index contributed by atoms with van der Waals surface area (Å²) in [4.78, 5) is 36.7. The van der Waals surface area contributed by atoms with Crippen LogP contribution in [-0.4, -0.2) is 31.4 Å². The van der Waals surface area contributed by atoms with Crippen LogP contribution in [0.5, 0.6) is 0 Å². The molecular formula is C17H18N2O4S. The van der Waals surface area contributed by atoms with Gasteiger partial charge in [-0.3, -0.25) is 14.4 Å². The number of rotatable bonds is 6. The van der Waals surface area contributed by atoms with Crippen molar-refractivity contribution in [3.05, 3.63) is 51.7 Å². The van der Waals surface area contributed by atoms with E-state index >= 15 is 0 Å². The Morgan fingerprint density at radius 3 is 2.33 bits per heavy atom. The van der Waals surface area contributed by atoms with E-state index in [0.717, 1.165) is 4.88 Å². The smallest absolute Gasteiger partial charge is 0.307 e. The summed E-state index contributed by atoms with van der Waals surface area (Å²) >= 11 is 1.42. The van der Waals surface area contributed by atoms with Crippen LogP contribution in [0.3, 0.4) is 0 Å². The van der Waals surface area contributed by atoms with E-state index in [0.29, 0.717) is 16.1 Å². The van der Waals surface area contributed by atoms with E-state index in [1.54, 1.807) is 30.3 Å². The fourth-order valence-electron chi connectivity index (χ4n) is 1.94. The van der Waals surface area contributed by atoms with Gasteiger partial charge in [0.05, 0.1) is 18.4 Å². The Balaban J connectivity index is 1.89. The maximum Gasteiger partial charge on any atom is 0.307 e. The number of amides is 2. The van der Waals surface area contributed by atoms with Crippen molar-refractivity contribution in [2.24, 2.45) is 0 Å².